The van der Waals surface area contributed by atoms with E-state index in [-0.39, 0.29) is 12.5 Å². The molecule has 3 N–H and O–H groups in total. The van der Waals surface area contributed by atoms with Gasteiger partial charge in [-0.05, 0) is 17.7 Å². The third-order valence-corrected chi connectivity index (χ3v) is 2.83. The Morgan fingerprint density at radius 3 is 2.71 bits per heavy atom. The van der Waals surface area contributed by atoms with Crippen LogP contribution in [0.5, 0.6) is 0 Å². The van der Waals surface area contributed by atoms with Crippen molar-refractivity contribution in [1.82, 2.24) is 5.32 Å². The number of ether oxygens (including phenoxy) is 1. The van der Waals surface area contributed by atoms with Gasteiger partial charge in [0.15, 0.2) is 0 Å². The number of primary amides is 1. The summed E-state index contributed by atoms with van der Waals surface area (Å²) < 4.78 is 5.38. The summed E-state index contributed by atoms with van der Waals surface area (Å²) in [6, 6.07) is 5.12. The molecule has 1 aromatic rings. The lowest BCUT2D eigenvalue weighted by atomic mass is 10.1. The van der Waals surface area contributed by atoms with Crippen molar-refractivity contribution in [2.24, 2.45) is 5.73 Å². The van der Waals surface area contributed by atoms with Gasteiger partial charge >= 0.3 is 5.97 Å². The molecule has 1 aromatic carbocycles. The van der Waals surface area contributed by atoms with E-state index in [9.17, 15) is 9.59 Å². The lowest BCUT2D eigenvalue weighted by molar-refractivity contribution is -0.117. The number of halogens is 1. The highest BCUT2D eigenvalue weighted by molar-refractivity contribution is 9.10. The molecule has 0 atom stereocenters. The van der Waals surface area contributed by atoms with Crippen molar-refractivity contribution < 1.29 is 14.3 Å². The molecule has 0 aliphatic carbocycles. The number of amides is 1. The maximum absolute atomic E-state index is 11.3. The highest BCUT2D eigenvalue weighted by Gasteiger charge is 2.08. The minimum absolute atomic E-state index is 0.116. The van der Waals surface area contributed by atoms with E-state index in [1.54, 1.807) is 18.2 Å². The molecule has 17 heavy (non-hydrogen) atoms. The fourth-order valence-electron chi connectivity index (χ4n) is 1.26. The molecule has 0 aliphatic rings. The van der Waals surface area contributed by atoms with E-state index in [2.05, 4.69) is 26.0 Å². The zero-order valence-electron chi connectivity index (χ0n) is 9.33. The molecule has 0 radical (unpaired) electrons. The molecule has 0 heterocycles. The molecule has 0 aromatic heterocycles. The van der Waals surface area contributed by atoms with Crippen LogP contribution in [0.4, 0.5) is 0 Å². The van der Waals surface area contributed by atoms with Crippen LogP contribution in [0, 0.1) is 0 Å². The maximum atomic E-state index is 11.3. The second-order valence-corrected chi connectivity index (χ2v) is 4.22. The summed E-state index contributed by atoms with van der Waals surface area (Å²) in [7, 11) is 1.33. The summed E-state index contributed by atoms with van der Waals surface area (Å²) in [6.07, 6.45) is 0. The van der Waals surface area contributed by atoms with Crippen molar-refractivity contribution in [3.8, 4) is 0 Å². The van der Waals surface area contributed by atoms with Crippen LogP contribution < -0.4 is 11.1 Å². The van der Waals surface area contributed by atoms with Crippen LogP contribution in [0.2, 0.25) is 0 Å². The zero-order chi connectivity index (χ0) is 12.8. The second-order valence-electron chi connectivity index (χ2n) is 3.37. The van der Waals surface area contributed by atoms with Gasteiger partial charge in [0.2, 0.25) is 5.91 Å². The monoisotopic (exact) mass is 300 g/mol. The highest BCUT2D eigenvalue weighted by atomic mass is 79.9. The standard InChI is InChI=1S/C11H13BrN2O3/c1-17-11(16)7-2-3-8(9(12)4-7)5-14-6-10(13)15/h2-4,14H,5-6H2,1H3,(H2,13,15). The quantitative estimate of drug-likeness (QED) is 0.789. The summed E-state index contributed by atoms with van der Waals surface area (Å²) in [5.74, 6) is -0.797. The highest BCUT2D eigenvalue weighted by Crippen LogP contribution is 2.19. The van der Waals surface area contributed by atoms with E-state index in [0.717, 1.165) is 10.0 Å². The van der Waals surface area contributed by atoms with Crippen LogP contribution >= 0.6 is 15.9 Å². The van der Waals surface area contributed by atoms with Gasteiger partial charge in [0.1, 0.15) is 0 Å². The molecule has 0 unspecified atom stereocenters. The van der Waals surface area contributed by atoms with Gasteiger partial charge in [0.25, 0.3) is 0 Å². The molecule has 1 amide bonds. The number of methoxy groups -OCH3 is 1. The SMILES string of the molecule is COC(=O)c1ccc(CNCC(N)=O)c(Br)c1. The molecular formula is C11H13BrN2O3. The van der Waals surface area contributed by atoms with E-state index in [4.69, 9.17) is 5.73 Å². The Kier molecular flexibility index (Phi) is 5.11. The van der Waals surface area contributed by atoms with Gasteiger partial charge in [-0.1, -0.05) is 22.0 Å². The van der Waals surface area contributed by atoms with Gasteiger partial charge in [0, 0.05) is 11.0 Å². The van der Waals surface area contributed by atoms with Gasteiger partial charge in [-0.25, -0.2) is 4.79 Å². The number of hydrogen-bond donors (Lipinski definition) is 2. The number of nitrogens with one attached hydrogen (secondary N) is 1. The van der Waals surface area contributed by atoms with E-state index >= 15 is 0 Å². The average molecular weight is 301 g/mol. The average Bonchev–Trinajstić information content (AvgIpc) is 2.29. The summed E-state index contributed by atoms with van der Waals surface area (Å²) in [4.78, 5) is 21.8. The van der Waals surface area contributed by atoms with Crippen LogP contribution in [-0.4, -0.2) is 25.5 Å². The predicted molar refractivity (Wildman–Crippen MR) is 66.4 cm³/mol. The lowest BCUT2D eigenvalue weighted by Crippen LogP contribution is -2.28. The Labute approximate surface area is 107 Å². The van der Waals surface area contributed by atoms with Crippen LogP contribution in [0.15, 0.2) is 22.7 Å². The van der Waals surface area contributed by atoms with Crippen molar-refractivity contribution >= 4 is 27.8 Å². The fourth-order valence-corrected chi connectivity index (χ4v) is 1.77. The van der Waals surface area contributed by atoms with Crippen LogP contribution in [0.1, 0.15) is 15.9 Å². The molecule has 0 fully saturated rings. The normalized spacial score (nSPS) is 10.0. The largest absolute Gasteiger partial charge is 0.465 e. The molecule has 92 valence electrons. The molecule has 0 saturated carbocycles. The number of carbonyl (C=O) groups excluding carboxylic acids is 2. The Bertz CT molecular complexity index is 435. The summed E-state index contributed by atoms with van der Waals surface area (Å²) in [5, 5.41) is 2.88. The van der Waals surface area contributed by atoms with Gasteiger partial charge in [-0.15, -0.1) is 0 Å². The first-order valence-corrected chi connectivity index (χ1v) is 5.69. The molecule has 0 saturated heterocycles. The third-order valence-electron chi connectivity index (χ3n) is 2.09. The lowest BCUT2D eigenvalue weighted by Gasteiger charge is -2.07. The Morgan fingerprint density at radius 1 is 1.47 bits per heavy atom. The summed E-state index contributed by atoms with van der Waals surface area (Å²) in [6.45, 7) is 0.607. The van der Waals surface area contributed by atoms with Crippen molar-refractivity contribution in [3.05, 3.63) is 33.8 Å². The Balaban J connectivity index is 2.69. The van der Waals surface area contributed by atoms with E-state index in [0.29, 0.717) is 12.1 Å². The van der Waals surface area contributed by atoms with E-state index < -0.39 is 5.91 Å². The topological polar surface area (TPSA) is 81.4 Å². The summed E-state index contributed by atoms with van der Waals surface area (Å²) >= 11 is 3.35. The Morgan fingerprint density at radius 2 is 2.18 bits per heavy atom. The van der Waals surface area contributed by atoms with Crippen LogP contribution in [0.3, 0.4) is 0 Å². The van der Waals surface area contributed by atoms with E-state index in [1.807, 2.05) is 0 Å². The zero-order valence-corrected chi connectivity index (χ0v) is 10.9. The first-order valence-electron chi connectivity index (χ1n) is 4.90. The fraction of sp³-hybridized carbons (Fsp3) is 0.273. The van der Waals surface area contributed by atoms with Crippen LogP contribution in [-0.2, 0) is 16.1 Å². The molecular weight excluding hydrogens is 288 g/mol. The van der Waals surface area contributed by atoms with Crippen molar-refractivity contribution in [1.29, 1.82) is 0 Å². The maximum Gasteiger partial charge on any atom is 0.337 e. The minimum atomic E-state index is -0.410. The third kappa shape index (κ3) is 4.16. The number of hydrogen-bond acceptors (Lipinski definition) is 4. The van der Waals surface area contributed by atoms with E-state index in [1.165, 1.54) is 7.11 Å². The predicted octanol–water partition coefficient (Wildman–Crippen LogP) is 0.811. The molecule has 1 rings (SSSR count). The first-order chi connectivity index (χ1) is 8.04. The number of rotatable bonds is 5. The first kappa shape index (κ1) is 13.7. The van der Waals surface area contributed by atoms with Gasteiger partial charge < -0.3 is 15.8 Å². The van der Waals surface area contributed by atoms with Crippen LogP contribution in [0.25, 0.3) is 0 Å². The summed E-state index contributed by atoms with van der Waals surface area (Å²) in [5.41, 5.74) is 6.40. The number of nitrogens with two attached hydrogens (primary N) is 1. The Hall–Kier alpha value is -1.40. The number of carbonyl (C=O) groups is 2. The van der Waals surface area contributed by atoms with Gasteiger partial charge in [-0.3, -0.25) is 4.79 Å². The van der Waals surface area contributed by atoms with Gasteiger partial charge in [-0.2, -0.15) is 0 Å². The number of esters is 1. The smallest absolute Gasteiger partial charge is 0.337 e. The van der Waals surface area contributed by atoms with Crippen molar-refractivity contribution in [2.75, 3.05) is 13.7 Å². The van der Waals surface area contributed by atoms with Gasteiger partial charge in [0.05, 0.1) is 19.2 Å². The molecule has 0 spiro atoms. The molecule has 0 bridgehead atoms. The van der Waals surface area contributed by atoms with Crippen molar-refractivity contribution in [3.63, 3.8) is 0 Å². The second kappa shape index (κ2) is 6.36. The minimum Gasteiger partial charge on any atom is -0.465 e. The molecule has 6 heteroatoms. The molecule has 5 nitrogen and oxygen atoms in total. The molecule has 0 aliphatic heterocycles. The van der Waals surface area contributed by atoms with Crippen molar-refractivity contribution in [2.45, 2.75) is 6.54 Å². The number of benzene rings is 1.